The van der Waals surface area contributed by atoms with Crippen molar-refractivity contribution in [1.29, 1.82) is 0 Å². The van der Waals surface area contributed by atoms with E-state index < -0.39 is 5.92 Å². The standard InChI is InChI=1S/C25H30N2O4S/c1-15-9-16(2)14-27(13-15)23(29)12-18(25-26-19-7-5-6-8-22(19)32-25)24-20(28)10-17(30-3)11-21(24)31-4/h5-8,10-11,15-16,18,28H,9,12-14H2,1-4H3. The molecule has 1 saturated heterocycles. The molecule has 1 N–H and O–H groups in total. The van der Waals surface area contributed by atoms with Crippen molar-refractivity contribution < 1.29 is 19.4 Å². The topological polar surface area (TPSA) is 71.9 Å². The molecule has 1 aromatic heterocycles. The quantitative estimate of drug-likeness (QED) is 0.565. The van der Waals surface area contributed by atoms with Gasteiger partial charge in [-0.25, -0.2) is 4.98 Å². The lowest BCUT2D eigenvalue weighted by molar-refractivity contribution is -0.134. The number of phenols is 1. The molecule has 6 nitrogen and oxygen atoms in total. The second kappa shape index (κ2) is 9.36. The van der Waals surface area contributed by atoms with Crippen LogP contribution in [0.15, 0.2) is 36.4 Å². The van der Waals surface area contributed by atoms with Gasteiger partial charge in [0.1, 0.15) is 22.3 Å². The summed E-state index contributed by atoms with van der Waals surface area (Å²) >= 11 is 1.55. The number of para-hydroxylation sites is 1. The largest absolute Gasteiger partial charge is 0.507 e. The van der Waals surface area contributed by atoms with Gasteiger partial charge >= 0.3 is 0 Å². The summed E-state index contributed by atoms with van der Waals surface area (Å²) in [6.45, 7) is 5.92. The van der Waals surface area contributed by atoms with Crippen LogP contribution >= 0.6 is 11.3 Å². The van der Waals surface area contributed by atoms with Crippen molar-refractivity contribution in [2.75, 3.05) is 27.3 Å². The molecule has 1 amide bonds. The molecule has 1 aliphatic heterocycles. The number of hydrogen-bond donors (Lipinski definition) is 1. The minimum Gasteiger partial charge on any atom is -0.507 e. The first-order valence-corrected chi connectivity index (χ1v) is 11.8. The number of carbonyl (C=O) groups is 1. The van der Waals surface area contributed by atoms with Gasteiger partial charge in [-0.05, 0) is 30.4 Å². The van der Waals surface area contributed by atoms with Gasteiger partial charge in [0.2, 0.25) is 5.91 Å². The zero-order valence-electron chi connectivity index (χ0n) is 19.0. The van der Waals surface area contributed by atoms with Crippen molar-refractivity contribution in [3.05, 3.63) is 47.0 Å². The average molecular weight is 455 g/mol. The highest BCUT2D eigenvalue weighted by Gasteiger charge is 2.32. The molecule has 4 rings (SSSR count). The van der Waals surface area contributed by atoms with E-state index in [9.17, 15) is 9.90 Å². The number of hydrogen-bond acceptors (Lipinski definition) is 6. The molecule has 3 atom stereocenters. The number of amides is 1. The number of ether oxygens (including phenoxy) is 2. The number of likely N-dealkylation sites (tertiary alicyclic amines) is 1. The lowest BCUT2D eigenvalue weighted by Crippen LogP contribution is -2.43. The number of rotatable bonds is 6. The molecule has 3 unspecified atom stereocenters. The number of benzene rings is 2. The number of aromatic nitrogens is 1. The Labute approximate surface area is 192 Å². The normalized spacial score (nSPS) is 19.7. The average Bonchev–Trinajstić information content (AvgIpc) is 3.20. The summed E-state index contributed by atoms with van der Waals surface area (Å²) in [5.74, 6) is 1.63. The Morgan fingerprint density at radius 3 is 2.56 bits per heavy atom. The van der Waals surface area contributed by atoms with Crippen LogP contribution in [0.3, 0.4) is 0 Å². The van der Waals surface area contributed by atoms with Crippen LogP contribution in [0.1, 0.15) is 43.2 Å². The van der Waals surface area contributed by atoms with Crippen LogP contribution in [0.25, 0.3) is 10.2 Å². The highest BCUT2D eigenvalue weighted by Crippen LogP contribution is 2.45. The SMILES string of the molecule is COc1cc(O)c(C(CC(=O)N2CC(C)CC(C)C2)c2nc3ccccc3s2)c(OC)c1. The maximum atomic E-state index is 13.5. The van der Waals surface area contributed by atoms with Gasteiger partial charge in [0.15, 0.2) is 0 Å². The Bertz CT molecular complexity index is 1070. The fraction of sp³-hybridized carbons (Fsp3) is 0.440. The van der Waals surface area contributed by atoms with Crippen LogP contribution < -0.4 is 9.47 Å². The predicted octanol–water partition coefficient (Wildman–Crippen LogP) is 5.05. The highest BCUT2D eigenvalue weighted by atomic mass is 32.1. The minimum absolute atomic E-state index is 0.0404. The van der Waals surface area contributed by atoms with Gasteiger partial charge in [-0.1, -0.05) is 26.0 Å². The van der Waals surface area contributed by atoms with E-state index in [-0.39, 0.29) is 18.1 Å². The molecular weight excluding hydrogens is 424 g/mol. The van der Waals surface area contributed by atoms with Crippen molar-refractivity contribution in [3.63, 3.8) is 0 Å². The van der Waals surface area contributed by atoms with Gasteiger partial charge in [0.25, 0.3) is 0 Å². The summed E-state index contributed by atoms with van der Waals surface area (Å²) in [4.78, 5) is 20.2. The van der Waals surface area contributed by atoms with Crippen LogP contribution in [0.2, 0.25) is 0 Å². The fourth-order valence-electron chi connectivity index (χ4n) is 4.75. The van der Waals surface area contributed by atoms with E-state index in [4.69, 9.17) is 14.5 Å². The molecule has 7 heteroatoms. The monoisotopic (exact) mass is 454 g/mol. The molecule has 2 heterocycles. The van der Waals surface area contributed by atoms with E-state index in [0.29, 0.717) is 28.9 Å². The molecule has 0 spiro atoms. The number of nitrogens with zero attached hydrogens (tertiary/aromatic N) is 2. The van der Waals surface area contributed by atoms with Crippen LogP contribution in [0.4, 0.5) is 0 Å². The van der Waals surface area contributed by atoms with Crippen molar-refractivity contribution >= 4 is 27.5 Å². The Kier molecular flexibility index (Phi) is 6.55. The predicted molar refractivity (Wildman–Crippen MR) is 127 cm³/mol. The van der Waals surface area contributed by atoms with Crippen LogP contribution in [-0.4, -0.2) is 48.2 Å². The summed E-state index contributed by atoms with van der Waals surface area (Å²) in [7, 11) is 3.10. The molecule has 0 radical (unpaired) electrons. The smallest absolute Gasteiger partial charge is 0.223 e. The van der Waals surface area contributed by atoms with E-state index in [0.717, 1.165) is 34.7 Å². The Hall–Kier alpha value is -2.80. The third-order valence-corrected chi connectivity index (χ3v) is 7.26. The maximum Gasteiger partial charge on any atom is 0.223 e. The molecule has 0 aliphatic carbocycles. The third-order valence-electron chi connectivity index (χ3n) is 6.11. The van der Waals surface area contributed by atoms with E-state index >= 15 is 0 Å². The van der Waals surface area contributed by atoms with Crippen molar-refractivity contribution in [2.24, 2.45) is 11.8 Å². The summed E-state index contributed by atoms with van der Waals surface area (Å²) in [6.07, 6.45) is 1.35. The van der Waals surface area contributed by atoms with E-state index in [1.165, 1.54) is 0 Å². The Morgan fingerprint density at radius 2 is 1.91 bits per heavy atom. The number of carbonyl (C=O) groups excluding carboxylic acids is 1. The summed E-state index contributed by atoms with van der Waals surface area (Å²) in [5, 5.41) is 11.7. The van der Waals surface area contributed by atoms with Gasteiger partial charge in [-0.3, -0.25) is 4.79 Å². The molecule has 0 bridgehead atoms. The number of aromatic hydroxyl groups is 1. The molecule has 3 aromatic rings. The van der Waals surface area contributed by atoms with E-state index in [2.05, 4.69) is 13.8 Å². The zero-order chi connectivity index (χ0) is 22.8. The Balaban J connectivity index is 1.76. The molecule has 2 aromatic carbocycles. The van der Waals surface area contributed by atoms with Crippen LogP contribution in [-0.2, 0) is 4.79 Å². The second-order valence-corrected chi connectivity index (χ2v) is 9.85. The van der Waals surface area contributed by atoms with Gasteiger partial charge < -0.3 is 19.5 Å². The molecular formula is C25H30N2O4S. The lowest BCUT2D eigenvalue weighted by atomic mass is 9.89. The molecule has 170 valence electrons. The van der Waals surface area contributed by atoms with Crippen LogP contribution in [0.5, 0.6) is 17.2 Å². The Morgan fingerprint density at radius 1 is 1.19 bits per heavy atom. The van der Waals surface area contributed by atoms with Gasteiger partial charge in [-0.2, -0.15) is 0 Å². The number of thiazole rings is 1. The molecule has 0 saturated carbocycles. The van der Waals surface area contributed by atoms with Crippen LogP contribution in [0, 0.1) is 11.8 Å². The fourth-order valence-corrected chi connectivity index (χ4v) is 5.82. The lowest BCUT2D eigenvalue weighted by Gasteiger charge is -2.35. The first kappa shape index (κ1) is 22.4. The molecule has 1 aliphatic rings. The maximum absolute atomic E-state index is 13.5. The van der Waals surface area contributed by atoms with Crippen molar-refractivity contribution in [1.82, 2.24) is 9.88 Å². The van der Waals surface area contributed by atoms with Crippen molar-refractivity contribution in [3.8, 4) is 17.2 Å². The number of fused-ring (bicyclic) bond motifs is 1. The van der Waals surface area contributed by atoms with Gasteiger partial charge in [0.05, 0.1) is 30.4 Å². The van der Waals surface area contributed by atoms with Gasteiger partial charge in [0, 0.05) is 37.2 Å². The third kappa shape index (κ3) is 4.53. The molecule has 1 fully saturated rings. The zero-order valence-corrected chi connectivity index (χ0v) is 19.8. The van der Waals surface area contributed by atoms with E-state index in [1.54, 1.807) is 37.7 Å². The number of piperidine rings is 1. The molecule has 32 heavy (non-hydrogen) atoms. The minimum atomic E-state index is -0.423. The summed E-state index contributed by atoms with van der Waals surface area (Å²) < 4.78 is 12.0. The second-order valence-electron chi connectivity index (χ2n) is 8.78. The summed E-state index contributed by atoms with van der Waals surface area (Å²) in [6, 6.07) is 11.2. The first-order chi connectivity index (χ1) is 15.4. The van der Waals surface area contributed by atoms with Gasteiger partial charge in [-0.15, -0.1) is 11.3 Å². The summed E-state index contributed by atoms with van der Waals surface area (Å²) in [5.41, 5.74) is 1.45. The number of methoxy groups -OCH3 is 2. The van der Waals surface area contributed by atoms with Crippen molar-refractivity contribution in [2.45, 2.75) is 32.6 Å². The van der Waals surface area contributed by atoms with E-state index in [1.807, 2.05) is 29.2 Å². The number of phenolic OH excluding ortho intramolecular Hbond substituents is 1. The first-order valence-electron chi connectivity index (χ1n) is 11.0. The highest BCUT2D eigenvalue weighted by molar-refractivity contribution is 7.18.